The third kappa shape index (κ3) is 2.25. The largest absolute Gasteiger partial charge is 0.387 e. The minimum absolute atomic E-state index is 0.107. The molecule has 0 bridgehead atoms. The standard InChI is InChI=1S/C13H18N4O/c1-9-5-11(8-16(9)3)15-13(18)12-6-10(14-2)7-17(12)4/h5-8,14H,1-4H3,(H,15,18). The molecule has 0 fully saturated rings. The molecule has 0 aliphatic heterocycles. The van der Waals surface area contributed by atoms with Gasteiger partial charge in [0.15, 0.2) is 0 Å². The van der Waals surface area contributed by atoms with Crippen LogP contribution in [0.4, 0.5) is 11.4 Å². The Labute approximate surface area is 106 Å². The molecule has 18 heavy (non-hydrogen) atoms. The summed E-state index contributed by atoms with van der Waals surface area (Å²) in [5, 5.41) is 5.90. The molecule has 2 aromatic rings. The van der Waals surface area contributed by atoms with E-state index in [4.69, 9.17) is 0 Å². The Morgan fingerprint density at radius 2 is 1.78 bits per heavy atom. The number of nitrogens with one attached hydrogen (secondary N) is 2. The fourth-order valence-corrected chi connectivity index (χ4v) is 1.87. The molecule has 2 heterocycles. The van der Waals surface area contributed by atoms with Gasteiger partial charge in [0, 0.05) is 39.2 Å². The first kappa shape index (κ1) is 12.3. The van der Waals surface area contributed by atoms with Gasteiger partial charge in [0.1, 0.15) is 5.69 Å². The fourth-order valence-electron chi connectivity index (χ4n) is 1.87. The van der Waals surface area contributed by atoms with Crippen LogP contribution >= 0.6 is 0 Å². The zero-order valence-corrected chi connectivity index (χ0v) is 11.1. The van der Waals surface area contributed by atoms with Crippen LogP contribution in [0.3, 0.4) is 0 Å². The first-order valence-corrected chi connectivity index (χ1v) is 5.79. The monoisotopic (exact) mass is 246 g/mol. The third-order valence-corrected chi connectivity index (χ3v) is 3.04. The number of carbonyl (C=O) groups is 1. The van der Waals surface area contributed by atoms with Gasteiger partial charge in [-0.05, 0) is 19.1 Å². The van der Waals surface area contributed by atoms with Gasteiger partial charge >= 0.3 is 0 Å². The van der Waals surface area contributed by atoms with E-state index in [1.807, 2.05) is 57.2 Å². The number of anilines is 2. The highest BCUT2D eigenvalue weighted by Crippen LogP contribution is 2.16. The highest BCUT2D eigenvalue weighted by atomic mass is 16.1. The Kier molecular flexibility index (Phi) is 3.14. The van der Waals surface area contributed by atoms with Crippen molar-refractivity contribution in [3.63, 3.8) is 0 Å². The van der Waals surface area contributed by atoms with Gasteiger partial charge in [-0.15, -0.1) is 0 Å². The topological polar surface area (TPSA) is 51.0 Å². The predicted octanol–water partition coefficient (Wildman–Crippen LogP) is 1.97. The van der Waals surface area contributed by atoms with Gasteiger partial charge in [-0.3, -0.25) is 4.79 Å². The normalized spacial score (nSPS) is 10.4. The molecule has 0 spiro atoms. The van der Waals surface area contributed by atoms with Crippen LogP contribution in [-0.2, 0) is 14.1 Å². The Morgan fingerprint density at radius 1 is 1.11 bits per heavy atom. The average Bonchev–Trinajstić information content (AvgIpc) is 2.83. The van der Waals surface area contributed by atoms with Gasteiger partial charge in [-0.25, -0.2) is 0 Å². The number of rotatable bonds is 3. The second-order valence-electron chi connectivity index (χ2n) is 4.41. The molecule has 2 rings (SSSR count). The molecule has 5 heteroatoms. The molecule has 0 aromatic carbocycles. The number of amides is 1. The Balaban J connectivity index is 2.18. The number of aromatic nitrogens is 2. The molecule has 1 amide bonds. The number of hydrogen-bond donors (Lipinski definition) is 2. The summed E-state index contributed by atoms with van der Waals surface area (Å²) in [6.45, 7) is 2.00. The van der Waals surface area contributed by atoms with E-state index < -0.39 is 0 Å². The maximum absolute atomic E-state index is 12.1. The van der Waals surface area contributed by atoms with Crippen LogP contribution in [0.1, 0.15) is 16.2 Å². The first-order chi connectivity index (χ1) is 8.51. The van der Waals surface area contributed by atoms with Crippen LogP contribution in [0, 0.1) is 6.92 Å². The van der Waals surface area contributed by atoms with Crippen molar-refractivity contribution in [3.8, 4) is 0 Å². The highest BCUT2D eigenvalue weighted by molar-refractivity contribution is 6.03. The summed E-state index contributed by atoms with van der Waals surface area (Å²) in [6.07, 6.45) is 3.78. The van der Waals surface area contributed by atoms with Gasteiger partial charge < -0.3 is 19.8 Å². The molecule has 96 valence electrons. The lowest BCUT2D eigenvalue weighted by atomic mass is 10.3. The molecular formula is C13H18N4O. The summed E-state index contributed by atoms with van der Waals surface area (Å²) in [6, 6.07) is 3.77. The van der Waals surface area contributed by atoms with Crippen LogP contribution in [0.5, 0.6) is 0 Å². The van der Waals surface area contributed by atoms with E-state index in [9.17, 15) is 4.79 Å². The molecule has 0 aliphatic carbocycles. The minimum atomic E-state index is -0.107. The fraction of sp³-hybridized carbons (Fsp3) is 0.308. The first-order valence-electron chi connectivity index (χ1n) is 5.79. The summed E-state index contributed by atoms with van der Waals surface area (Å²) in [4.78, 5) is 12.1. The van der Waals surface area contributed by atoms with E-state index in [1.165, 1.54) is 0 Å². The Morgan fingerprint density at radius 3 is 2.28 bits per heavy atom. The number of carbonyl (C=O) groups excluding carboxylic acids is 1. The van der Waals surface area contributed by atoms with Crippen molar-refractivity contribution < 1.29 is 4.79 Å². The van der Waals surface area contributed by atoms with Crippen molar-refractivity contribution in [2.45, 2.75) is 6.92 Å². The molecule has 2 N–H and O–H groups in total. The van der Waals surface area contributed by atoms with Crippen molar-refractivity contribution in [1.82, 2.24) is 9.13 Å². The number of nitrogens with zero attached hydrogens (tertiary/aromatic N) is 2. The second kappa shape index (κ2) is 4.60. The molecule has 2 aromatic heterocycles. The van der Waals surface area contributed by atoms with Crippen LogP contribution < -0.4 is 10.6 Å². The summed E-state index contributed by atoms with van der Waals surface area (Å²) < 4.78 is 3.77. The predicted molar refractivity (Wildman–Crippen MR) is 73.1 cm³/mol. The van der Waals surface area contributed by atoms with Crippen LogP contribution in [-0.4, -0.2) is 22.1 Å². The van der Waals surface area contributed by atoms with Crippen molar-refractivity contribution in [3.05, 3.63) is 35.9 Å². The lowest BCUT2D eigenvalue weighted by molar-refractivity contribution is 0.101. The summed E-state index contributed by atoms with van der Waals surface area (Å²) >= 11 is 0. The Bertz CT molecular complexity index is 560. The smallest absolute Gasteiger partial charge is 0.272 e. The molecule has 0 saturated carbocycles. The molecule has 0 atom stereocenters. The highest BCUT2D eigenvalue weighted by Gasteiger charge is 2.12. The lowest BCUT2D eigenvalue weighted by Gasteiger charge is -2.03. The van der Waals surface area contributed by atoms with Crippen molar-refractivity contribution >= 4 is 17.3 Å². The average molecular weight is 246 g/mol. The summed E-state index contributed by atoms with van der Waals surface area (Å²) in [5.74, 6) is -0.107. The molecule has 0 unspecified atom stereocenters. The molecule has 0 radical (unpaired) electrons. The van der Waals surface area contributed by atoms with Gasteiger partial charge in [-0.2, -0.15) is 0 Å². The van der Waals surface area contributed by atoms with E-state index in [1.54, 1.807) is 4.57 Å². The quantitative estimate of drug-likeness (QED) is 0.870. The number of hydrogen-bond acceptors (Lipinski definition) is 2. The van der Waals surface area contributed by atoms with Gasteiger partial charge in [0.05, 0.1) is 11.4 Å². The Hall–Kier alpha value is -2.17. The zero-order chi connectivity index (χ0) is 13.3. The van der Waals surface area contributed by atoms with Gasteiger partial charge in [0.2, 0.25) is 0 Å². The maximum atomic E-state index is 12.1. The van der Waals surface area contributed by atoms with E-state index in [2.05, 4.69) is 10.6 Å². The maximum Gasteiger partial charge on any atom is 0.272 e. The van der Waals surface area contributed by atoms with E-state index >= 15 is 0 Å². The molecular weight excluding hydrogens is 228 g/mol. The summed E-state index contributed by atoms with van der Waals surface area (Å²) in [5.41, 5.74) is 3.47. The van der Waals surface area contributed by atoms with Crippen molar-refractivity contribution in [2.24, 2.45) is 14.1 Å². The van der Waals surface area contributed by atoms with E-state index in [-0.39, 0.29) is 5.91 Å². The van der Waals surface area contributed by atoms with Crippen molar-refractivity contribution in [2.75, 3.05) is 17.7 Å². The lowest BCUT2D eigenvalue weighted by Crippen LogP contribution is -2.14. The van der Waals surface area contributed by atoms with Gasteiger partial charge in [-0.1, -0.05) is 0 Å². The van der Waals surface area contributed by atoms with Crippen LogP contribution in [0.15, 0.2) is 24.5 Å². The van der Waals surface area contributed by atoms with E-state index in [0.29, 0.717) is 5.69 Å². The molecule has 0 aliphatic rings. The SMILES string of the molecule is CNc1cc(C(=O)Nc2cc(C)n(C)c2)n(C)c1. The second-order valence-corrected chi connectivity index (χ2v) is 4.41. The van der Waals surface area contributed by atoms with Crippen molar-refractivity contribution in [1.29, 1.82) is 0 Å². The molecule has 5 nitrogen and oxygen atoms in total. The van der Waals surface area contributed by atoms with Crippen LogP contribution in [0.25, 0.3) is 0 Å². The van der Waals surface area contributed by atoms with Gasteiger partial charge in [0.25, 0.3) is 5.91 Å². The summed E-state index contributed by atoms with van der Waals surface area (Å²) in [7, 11) is 5.64. The third-order valence-electron chi connectivity index (χ3n) is 3.04. The van der Waals surface area contributed by atoms with Crippen LogP contribution in [0.2, 0.25) is 0 Å². The zero-order valence-electron chi connectivity index (χ0n) is 11.1. The number of aryl methyl sites for hydroxylation is 3. The minimum Gasteiger partial charge on any atom is -0.387 e. The van der Waals surface area contributed by atoms with E-state index in [0.717, 1.165) is 17.1 Å². The molecule has 0 saturated heterocycles.